The van der Waals surface area contributed by atoms with Crippen LogP contribution >= 0.6 is 11.6 Å². The number of carbonyl (C=O) groups is 1. The van der Waals surface area contributed by atoms with E-state index in [0.717, 1.165) is 5.56 Å². The van der Waals surface area contributed by atoms with Crippen LogP contribution in [0.5, 0.6) is 0 Å². The van der Waals surface area contributed by atoms with E-state index in [0.29, 0.717) is 11.4 Å². The van der Waals surface area contributed by atoms with Crippen molar-refractivity contribution in [3.05, 3.63) is 34.9 Å². The molecular formula is C16H25ClN2O. The van der Waals surface area contributed by atoms with Crippen LogP contribution in [0.15, 0.2) is 24.3 Å². The van der Waals surface area contributed by atoms with Gasteiger partial charge in [-0.05, 0) is 24.0 Å². The lowest BCUT2D eigenvalue weighted by Gasteiger charge is -2.31. The van der Waals surface area contributed by atoms with E-state index in [1.165, 1.54) is 0 Å². The average molecular weight is 297 g/mol. The zero-order valence-corrected chi connectivity index (χ0v) is 13.7. The normalized spacial score (nSPS) is 14.8. The number of benzene rings is 1. The highest BCUT2D eigenvalue weighted by atomic mass is 35.5. The van der Waals surface area contributed by atoms with Crippen molar-refractivity contribution in [2.45, 2.75) is 46.2 Å². The Morgan fingerprint density at radius 3 is 2.40 bits per heavy atom. The van der Waals surface area contributed by atoms with Crippen LogP contribution < -0.4 is 5.73 Å². The second-order valence-electron chi connectivity index (χ2n) is 6.38. The van der Waals surface area contributed by atoms with Crippen LogP contribution in [0.2, 0.25) is 5.02 Å². The van der Waals surface area contributed by atoms with Crippen LogP contribution in [0.4, 0.5) is 0 Å². The predicted octanol–water partition coefficient (Wildman–Crippen LogP) is 3.62. The zero-order valence-electron chi connectivity index (χ0n) is 13.0. The molecule has 2 N–H and O–H groups in total. The molecule has 0 spiro atoms. The van der Waals surface area contributed by atoms with Gasteiger partial charge in [-0.1, -0.05) is 50.6 Å². The highest BCUT2D eigenvalue weighted by Gasteiger charge is 2.26. The molecule has 3 nitrogen and oxygen atoms in total. The first-order valence-electron chi connectivity index (χ1n) is 6.90. The summed E-state index contributed by atoms with van der Waals surface area (Å²) in [6.07, 6.45) is 0.342. The van der Waals surface area contributed by atoms with E-state index < -0.39 is 0 Å². The standard InChI is InChI=1S/C16H25ClN2O/c1-11(12-8-6-7-9-13(12)17)19(5)15(20)10-14(18)16(2,3)4/h6-9,11,14H,10,18H2,1-5H3. The van der Waals surface area contributed by atoms with Crippen molar-refractivity contribution in [2.24, 2.45) is 11.1 Å². The Labute approximate surface area is 127 Å². The number of hydrogen-bond donors (Lipinski definition) is 1. The van der Waals surface area contributed by atoms with Crippen molar-refractivity contribution < 1.29 is 4.79 Å². The molecule has 1 rings (SSSR count). The topological polar surface area (TPSA) is 46.3 Å². The summed E-state index contributed by atoms with van der Waals surface area (Å²) in [6, 6.07) is 7.37. The quantitative estimate of drug-likeness (QED) is 0.922. The Kier molecular flexibility index (Phi) is 5.60. The molecule has 0 saturated heterocycles. The fraction of sp³-hybridized carbons (Fsp3) is 0.562. The van der Waals surface area contributed by atoms with E-state index in [9.17, 15) is 4.79 Å². The number of amides is 1. The largest absolute Gasteiger partial charge is 0.339 e. The summed E-state index contributed by atoms with van der Waals surface area (Å²) in [4.78, 5) is 14.0. The second kappa shape index (κ2) is 6.59. The van der Waals surface area contributed by atoms with Gasteiger partial charge in [-0.15, -0.1) is 0 Å². The first-order chi connectivity index (χ1) is 9.14. The minimum absolute atomic E-state index is 0.0415. The van der Waals surface area contributed by atoms with E-state index in [2.05, 4.69) is 0 Å². The summed E-state index contributed by atoms with van der Waals surface area (Å²) < 4.78 is 0. The Bertz CT molecular complexity index is 468. The first-order valence-corrected chi connectivity index (χ1v) is 7.28. The number of halogens is 1. The lowest BCUT2D eigenvalue weighted by Crippen LogP contribution is -2.41. The van der Waals surface area contributed by atoms with E-state index in [-0.39, 0.29) is 23.4 Å². The lowest BCUT2D eigenvalue weighted by atomic mass is 9.85. The van der Waals surface area contributed by atoms with Crippen LogP contribution in [-0.4, -0.2) is 23.9 Å². The van der Waals surface area contributed by atoms with Crippen LogP contribution in [-0.2, 0) is 4.79 Å². The highest BCUT2D eigenvalue weighted by Crippen LogP contribution is 2.27. The molecule has 0 saturated carbocycles. The summed E-state index contributed by atoms with van der Waals surface area (Å²) in [5.41, 5.74) is 6.96. The zero-order chi connectivity index (χ0) is 15.5. The van der Waals surface area contributed by atoms with Crippen molar-refractivity contribution in [1.29, 1.82) is 0 Å². The Morgan fingerprint density at radius 2 is 1.90 bits per heavy atom. The average Bonchev–Trinajstić information content (AvgIpc) is 2.36. The maximum absolute atomic E-state index is 12.3. The van der Waals surface area contributed by atoms with Gasteiger partial charge >= 0.3 is 0 Å². The smallest absolute Gasteiger partial charge is 0.224 e. The van der Waals surface area contributed by atoms with Gasteiger partial charge in [0.1, 0.15) is 0 Å². The SMILES string of the molecule is CC(c1ccccc1Cl)N(C)C(=O)CC(N)C(C)(C)C. The molecule has 0 aromatic heterocycles. The molecule has 0 aliphatic heterocycles. The van der Waals surface area contributed by atoms with Gasteiger partial charge in [0.15, 0.2) is 0 Å². The third-order valence-electron chi connectivity index (χ3n) is 3.84. The Balaban J connectivity index is 2.77. The van der Waals surface area contributed by atoms with Gasteiger partial charge in [-0.2, -0.15) is 0 Å². The van der Waals surface area contributed by atoms with Gasteiger partial charge in [0.25, 0.3) is 0 Å². The molecule has 2 unspecified atom stereocenters. The molecule has 0 aliphatic carbocycles. The summed E-state index contributed by atoms with van der Waals surface area (Å²) in [7, 11) is 1.80. The number of hydrogen-bond acceptors (Lipinski definition) is 2. The number of carbonyl (C=O) groups excluding carboxylic acids is 1. The Hall–Kier alpha value is -1.06. The predicted molar refractivity (Wildman–Crippen MR) is 84.7 cm³/mol. The molecule has 0 radical (unpaired) electrons. The molecule has 1 amide bonds. The Morgan fingerprint density at radius 1 is 1.35 bits per heavy atom. The molecule has 0 fully saturated rings. The molecule has 1 aromatic rings. The number of nitrogens with two attached hydrogens (primary N) is 1. The number of rotatable bonds is 4. The molecule has 20 heavy (non-hydrogen) atoms. The van der Waals surface area contributed by atoms with Crippen LogP contribution in [0.25, 0.3) is 0 Å². The van der Waals surface area contributed by atoms with Gasteiger partial charge < -0.3 is 10.6 Å². The van der Waals surface area contributed by atoms with Gasteiger partial charge in [0.2, 0.25) is 5.91 Å². The van der Waals surface area contributed by atoms with E-state index in [4.69, 9.17) is 17.3 Å². The summed E-state index contributed by atoms with van der Waals surface area (Å²) in [5.74, 6) is 0.0415. The number of nitrogens with zero attached hydrogens (tertiary/aromatic N) is 1. The van der Waals surface area contributed by atoms with Gasteiger partial charge in [-0.25, -0.2) is 0 Å². The maximum atomic E-state index is 12.3. The monoisotopic (exact) mass is 296 g/mol. The van der Waals surface area contributed by atoms with Crippen molar-refractivity contribution in [3.8, 4) is 0 Å². The molecular weight excluding hydrogens is 272 g/mol. The molecule has 0 bridgehead atoms. The minimum atomic E-state index is -0.157. The van der Waals surface area contributed by atoms with Crippen LogP contribution in [0.1, 0.15) is 45.7 Å². The first kappa shape index (κ1) is 17.0. The second-order valence-corrected chi connectivity index (χ2v) is 6.79. The van der Waals surface area contributed by atoms with Crippen molar-refractivity contribution in [1.82, 2.24) is 4.90 Å². The molecule has 112 valence electrons. The molecule has 0 heterocycles. The van der Waals surface area contributed by atoms with E-state index in [1.54, 1.807) is 11.9 Å². The minimum Gasteiger partial charge on any atom is -0.339 e. The molecule has 0 aliphatic rings. The fourth-order valence-corrected chi connectivity index (χ4v) is 2.17. The van der Waals surface area contributed by atoms with Gasteiger partial charge in [0.05, 0.1) is 6.04 Å². The van der Waals surface area contributed by atoms with Gasteiger partial charge in [-0.3, -0.25) is 4.79 Å². The summed E-state index contributed by atoms with van der Waals surface area (Å²) >= 11 is 6.18. The van der Waals surface area contributed by atoms with E-state index in [1.807, 2.05) is 52.0 Å². The third-order valence-corrected chi connectivity index (χ3v) is 4.18. The van der Waals surface area contributed by atoms with Crippen LogP contribution in [0.3, 0.4) is 0 Å². The van der Waals surface area contributed by atoms with Crippen molar-refractivity contribution in [3.63, 3.8) is 0 Å². The van der Waals surface area contributed by atoms with Crippen LogP contribution in [0, 0.1) is 5.41 Å². The molecule has 4 heteroatoms. The molecule has 2 atom stereocenters. The van der Waals surface area contributed by atoms with Gasteiger partial charge in [0, 0.05) is 24.5 Å². The van der Waals surface area contributed by atoms with E-state index >= 15 is 0 Å². The fourth-order valence-electron chi connectivity index (χ4n) is 1.88. The van der Waals surface area contributed by atoms with Crippen molar-refractivity contribution >= 4 is 17.5 Å². The summed E-state index contributed by atoms with van der Waals surface area (Å²) in [6.45, 7) is 8.11. The lowest BCUT2D eigenvalue weighted by molar-refractivity contribution is -0.132. The summed E-state index contributed by atoms with van der Waals surface area (Å²) in [5, 5.41) is 0.680. The highest BCUT2D eigenvalue weighted by molar-refractivity contribution is 6.31. The third kappa shape index (κ3) is 4.22. The maximum Gasteiger partial charge on any atom is 0.224 e. The van der Waals surface area contributed by atoms with Crippen molar-refractivity contribution in [2.75, 3.05) is 7.05 Å². The molecule has 1 aromatic carbocycles.